The summed E-state index contributed by atoms with van der Waals surface area (Å²) in [5, 5.41) is 8.32. The van der Waals surface area contributed by atoms with Gasteiger partial charge in [0.15, 0.2) is 0 Å². The van der Waals surface area contributed by atoms with Crippen LogP contribution in [0.3, 0.4) is 0 Å². The second-order valence-electron chi connectivity index (χ2n) is 5.75. The van der Waals surface area contributed by atoms with E-state index in [0.717, 1.165) is 22.6 Å². The third-order valence-electron chi connectivity index (χ3n) is 3.98. The van der Waals surface area contributed by atoms with Gasteiger partial charge in [0, 0.05) is 16.3 Å². The molecule has 1 heterocycles. The van der Waals surface area contributed by atoms with Crippen LogP contribution < -0.4 is 5.32 Å². The average Bonchev–Trinajstić information content (AvgIpc) is 2.86. The molecule has 4 nitrogen and oxygen atoms in total. The van der Waals surface area contributed by atoms with Crippen molar-refractivity contribution >= 4 is 34.8 Å². The number of hydrogen-bond acceptors (Lipinski definition) is 2. The Balaban J connectivity index is 1.81. The number of benzene rings is 2. The zero-order valence-corrected chi connectivity index (χ0v) is 15.4. The highest BCUT2D eigenvalue weighted by molar-refractivity contribution is 6.36. The third-order valence-corrected chi connectivity index (χ3v) is 4.53. The molecule has 0 atom stereocenters. The van der Waals surface area contributed by atoms with Gasteiger partial charge in [0.05, 0.1) is 28.5 Å². The Kier molecular flexibility index (Phi) is 5.11. The van der Waals surface area contributed by atoms with Crippen molar-refractivity contribution in [3.63, 3.8) is 0 Å². The molecular formula is C19H17Cl2N3O. The zero-order chi connectivity index (χ0) is 18.0. The highest BCUT2D eigenvalue weighted by atomic mass is 35.5. The largest absolute Gasteiger partial charge is 0.324 e. The van der Waals surface area contributed by atoms with Crippen molar-refractivity contribution in [2.45, 2.75) is 20.3 Å². The molecule has 0 spiro atoms. The lowest BCUT2D eigenvalue weighted by Crippen LogP contribution is -2.15. The van der Waals surface area contributed by atoms with Gasteiger partial charge in [-0.3, -0.25) is 4.79 Å². The normalized spacial score (nSPS) is 10.7. The van der Waals surface area contributed by atoms with Gasteiger partial charge in [-0.15, -0.1) is 0 Å². The Morgan fingerprint density at radius 2 is 1.84 bits per heavy atom. The van der Waals surface area contributed by atoms with Crippen LogP contribution in [0.4, 0.5) is 5.69 Å². The topological polar surface area (TPSA) is 46.9 Å². The number of amides is 1. The molecule has 0 aliphatic heterocycles. The second kappa shape index (κ2) is 7.30. The molecular weight excluding hydrogens is 357 g/mol. The monoisotopic (exact) mass is 373 g/mol. The first kappa shape index (κ1) is 17.5. The van der Waals surface area contributed by atoms with Crippen molar-refractivity contribution in [2.24, 2.45) is 0 Å². The van der Waals surface area contributed by atoms with E-state index in [9.17, 15) is 4.79 Å². The fourth-order valence-corrected chi connectivity index (χ4v) is 3.15. The quantitative estimate of drug-likeness (QED) is 0.700. The summed E-state index contributed by atoms with van der Waals surface area (Å²) < 4.78 is 1.85. The molecule has 0 radical (unpaired) electrons. The maximum Gasteiger partial charge on any atom is 0.228 e. The van der Waals surface area contributed by atoms with E-state index < -0.39 is 0 Å². The van der Waals surface area contributed by atoms with Gasteiger partial charge in [-0.1, -0.05) is 41.4 Å². The van der Waals surface area contributed by atoms with Gasteiger partial charge >= 0.3 is 0 Å². The van der Waals surface area contributed by atoms with Gasteiger partial charge in [-0.25, -0.2) is 4.68 Å². The first-order chi connectivity index (χ1) is 12.0. The summed E-state index contributed by atoms with van der Waals surface area (Å²) in [5.74, 6) is -0.150. The molecule has 0 aliphatic carbocycles. The molecule has 25 heavy (non-hydrogen) atoms. The lowest BCUT2D eigenvalue weighted by atomic mass is 10.1. The van der Waals surface area contributed by atoms with E-state index >= 15 is 0 Å². The van der Waals surface area contributed by atoms with E-state index in [-0.39, 0.29) is 12.3 Å². The highest BCUT2D eigenvalue weighted by Crippen LogP contribution is 2.26. The molecule has 1 N–H and O–H groups in total. The van der Waals surface area contributed by atoms with Crippen LogP contribution in [-0.4, -0.2) is 15.7 Å². The van der Waals surface area contributed by atoms with Crippen LogP contribution in [0.1, 0.15) is 17.0 Å². The van der Waals surface area contributed by atoms with Gasteiger partial charge in [0.1, 0.15) is 0 Å². The summed E-state index contributed by atoms with van der Waals surface area (Å²) in [4.78, 5) is 12.4. The predicted molar refractivity (Wildman–Crippen MR) is 102 cm³/mol. The van der Waals surface area contributed by atoms with Crippen LogP contribution in [0.25, 0.3) is 5.69 Å². The molecule has 128 valence electrons. The van der Waals surface area contributed by atoms with Crippen LogP contribution in [-0.2, 0) is 11.2 Å². The molecule has 0 saturated heterocycles. The maximum atomic E-state index is 12.4. The van der Waals surface area contributed by atoms with E-state index in [4.69, 9.17) is 23.2 Å². The van der Waals surface area contributed by atoms with Gasteiger partial charge in [-0.05, 0) is 44.2 Å². The summed E-state index contributed by atoms with van der Waals surface area (Å²) in [6.07, 6.45) is 0.226. The minimum atomic E-state index is -0.150. The fourth-order valence-electron chi connectivity index (χ4n) is 2.70. The number of halogens is 2. The van der Waals surface area contributed by atoms with Crippen molar-refractivity contribution in [1.82, 2.24) is 9.78 Å². The minimum absolute atomic E-state index is 0.150. The lowest BCUT2D eigenvalue weighted by Gasteiger charge is -2.08. The average molecular weight is 374 g/mol. The molecule has 6 heteroatoms. The first-order valence-corrected chi connectivity index (χ1v) is 8.56. The van der Waals surface area contributed by atoms with Crippen molar-refractivity contribution in [1.29, 1.82) is 0 Å². The number of anilines is 1. The van der Waals surface area contributed by atoms with Gasteiger partial charge in [-0.2, -0.15) is 5.10 Å². The number of nitrogens with one attached hydrogen (secondary N) is 1. The van der Waals surface area contributed by atoms with Crippen LogP contribution in [0.5, 0.6) is 0 Å². The van der Waals surface area contributed by atoms with Crippen LogP contribution in [0, 0.1) is 13.8 Å². The molecule has 0 bridgehead atoms. The van der Waals surface area contributed by atoms with Gasteiger partial charge in [0.25, 0.3) is 0 Å². The summed E-state index contributed by atoms with van der Waals surface area (Å²) in [6.45, 7) is 3.87. The number of nitrogens with zero attached hydrogens (tertiary/aromatic N) is 2. The predicted octanol–water partition coefficient (Wildman–Crippen LogP) is 4.98. The zero-order valence-electron chi connectivity index (χ0n) is 13.9. The number of rotatable bonds is 4. The molecule has 3 rings (SSSR count). The number of aryl methyl sites for hydroxylation is 1. The first-order valence-electron chi connectivity index (χ1n) is 7.81. The molecule has 0 aliphatic rings. The van der Waals surface area contributed by atoms with E-state index in [1.54, 1.807) is 18.2 Å². The Hall–Kier alpha value is -2.30. The molecule has 0 fully saturated rings. The SMILES string of the molecule is Cc1nn(-c2ccccc2)c(C)c1CC(=O)Nc1ccc(Cl)cc1Cl. The third kappa shape index (κ3) is 3.86. The maximum absolute atomic E-state index is 12.4. The second-order valence-corrected chi connectivity index (χ2v) is 6.59. The molecule has 2 aromatic carbocycles. The minimum Gasteiger partial charge on any atom is -0.324 e. The summed E-state index contributed by atoms with van der Waals surface area (Å²) in [5.41, 5.74) is 4.20. The van der Waals surface area contributed by atoms with Crippen molar-refractivity contribution in [2.75, 3.05) is 5.32 Å². The Morgan fingerprint density at radius 3 is 2.52 bits per heavy atom. The smallest absolute Gasteiger partial charge is 0.228 e. The molecule has 1 amide bonds. The van der Waals surface area contributed by atoms with Crippen molar-refractivity contribution in [3.8, 4) is 5.69 Å². The number of carbonyl (C=O) groups excluding carboxylic acids is 1. The molecule has 1 aromatic heterocycles. The van der Waals surface area contributed by atoms with Crippen molar-refractivity contribution in [3.05, 3.63) is 75.5 Å². The van der Waals surface area contributed by atoms with Crippen LogP contribution in [0.2, 0.25) is 10.0 Å². The van der Waals surface area contributed by atoms with Gasteiger partial charge < -0.3 is 5.32 Å². The number of carbonyl (C=O) groups is 1. The summed E-state index contributed by atoms with van der Waals surface area (Å²) >= 11 is 12.0. The summed E-state index contributed by atoms with van der Waals surface area (Å²) in [6, 6.07) is 14.8. The Bertz CT molecular complexity index is 920. The lowest BCUT2D eigenvalue weighted by molar-refractivity contribution is -0.115. The van der Waals surface area contributed by atoms with Crippen LogP contribution in [0.15, 0.2) is 48.5 Å². The Morgan fingerprint density at radius 1 is 1.12 bits per heavy atom. The number of hydrogen-bond donors (Lipinski definition) is 1. The highest BCUT2D eigenvalue weighted by Gasteiger charge is 2.16. The standard InChI is InChI=1S/C19H17Cl2N3O/c1-12-16(13(2)24(23-12)15-6-4-3-5-7-15)11-19(25)22-18-9-8-14(20)10-17(18)21/h3-10H,11H2,1-2H3,(H,22,25). The van der Waals surface area contributed by atoms with Crippen LogP contribution >= 0.6 is 23.2 Å². The Labute approximate surface area is 156 Å². The van der Waals surface area contributed by atoms with E-state index in [2.05, 4.69) is 10.4 Å². The molecule has 0 saturated carbocycles. The van der Waals surface area contributed by atoms with E-state index in [1.165, 1.54) is 0 Å². The van der Waals surface area contributed by atoms with E-state index in [1.807, 2.05) is 48.9 Å². The fraction of sp³-hybridized carbons (Fsp3) is 0.158. The number of aromatic nitrogens is 2. The molecule has 3 aromatic rings. The van der Waals surface area contributed by atoms with Crippen molar-refractivity contribution < 1.29 is 4.79 Å². The summed E-state index contributed by atoms with van der Waals surface area (Å²) in [7, 11) is 0. The van der Waals surface area contributed by atoms with E-state index in [0.29, 0.717) is 15.7 Å². The van der Waals surface area contributed by atoms with Gasteiger partial charge in [0.2, 0.25) is 5.91 Å². The number of para-hydroxylation sites is 1. The molecule has 0 unspecified atom stereocenters.